The van der Waals surface area contributed by atoms with Crippen LogP contribution in [0, 0.1) is 0 Å². The van der Waals surface area contributed by atoms with E-state index in [1.54, 1.807) is 19.4 Å². The van der Waals surface area contributed by atoms with Crippen LogP contribution in [0.1, 0.15) is 11.6 Å². The molecule has 21 heavy (non-hydrogen) atoms. The maximum Gasteiger partial charge on any atom is 0.451 e. The van der Waals surface area contributed by atoms with E-state index >= 15 is 0 Å². The van der Waals surface area contributed by atoms with Crippen molar-refractivity contribution < 1.29 is 13.2 Å². The lowest BCUT2D eigenvalue weighted by Crippen LogP contribution is -2.35. The molecule has 0 atom stereocenters. The van der Waals surface area contributed by atoms with E-state index in [1.807, 2.05) is 4.90 Å². The molecule has 0 fully saturated rings. The molecule has 3 heterocycles. The summed E-state index contributed by atoms with van der Waals surface area (Å²) < 4.78 is 39.4. The smallest absolute Gasteiger partial charge is 0.372 e. The summed E-state index contributed by atoms with van der Waals surface area (Å²) in [5.41, 5.74) is 0. The number of hydrogen-bond donors (Lipinski definition) is 1. The molecule has 0 unspecified atom stereocenters. The molecule has 3 rings (SSSR count). The molecule has 0 amide bonds. The fraction of sp³-hybridized carbons (Fsp3) is 0.455. The first-order valence-electron chi connectivity index (χ1n) is 6.23. The molecule has 1 aliphatic heterocycles. The van der Waals surface area contributed by atoms with E-state index < -0.39 is 12.0 Å². The van der Waals surface area contributed by atoms with Gasteiger partial charge in [-0.05, 0) is 0 Å². The van der Waals surface area contributed by atoms with Crippen molar-refractivity contribution in [1.29, 1.82) is 0 Å². The van der Waals surface area contributed by atoms with Gasteiger partial charge in [-0.2, -0.15) is 13.2 Å². The predicted molar refractivity (Wildman–Crippen MR) is 67.7 cm³/mol. The van der Waals surface area contributed by atoms with E-state index in [4.69, 9.17) is 0 Å². The molecular weight excluding hydrogens is 287 g/mol. The van der Waals surface area contributed by atoms with Gasteiger partial charge in [-0.25, -0.2) is 4.98 Å². The third-order valence-electron chi connectivity index (χ3n) is 3.21. The van der Waals surface area contributed by atoms with E-state index in [9.17, 15) is 13.2 Å². The van der Waals surface area contributed by atoms with Gasteiger partial charge < -0.3 is 14.8 Å². The Morgan fingerprint density at radius 1 is 1.19 bits per heavy atom. The topological polar surface area (TPSA) is 71.8 Å². The van der Waals surface area contributed by atoms with Crippen LogP contribution in [0.3, 0.4) is 0 Å². The molecule has 112 valence electrons. The number of anilines is 2. The highest BCUT2D eigenvalue weighted by atomic mass is 19.4. The Bertz CT molecular complexity index is 652. The lowest BCUT2D eigenvalue weighted by atomic mass is 10.3. The van der Waals surface area contributed by atoms with Gasteiger partial charge in [0.2, 0.25) is 5.82 Å². The highest BCUT2D eigenvalue weighted by molar-refractivity contribution is 5.44. The van der Waals surface area contributed by atoms with E-state index in [1.165, 1.54) is 0 Å². The number of aromatic nitrogens is 5. The Morgan fingerprint density at radius 2 is 2.00 bits per heavy atom. The molecule has 1 N–H and O–H groups in total. The minimum atomic E-state index is -4.49. The molecule has 2 aromatic rings. The number of nitrogens with zero attached hydrogens (tertiary/aromatic N) is 6. The number of fused-ring (bicyclic) bond motifs is 1. The van der Waals surface area contributed by atoms with Crippen molar-refractivity contribution in [3.8, 4) is 0 Å². The molecule has 0 aromatic carbocycles. The standard InChI is InChI=1S/C11H12F3N7/c1-15-7-4-16-5-8(17-7)20-2-3-21-9(6-20)18-19-10(21)11(12,13)14/h4-5H,2-3,6H2,1H3,(H,15,17). The van der Waals surface area contributed by atoms with Gasteiger partial charge in [0.15, 0.2) is 5.82 Å². The Labute approximate surface area is 117 Å². The Morgan fingerprint density at radius 3 is 2.71 bits per heavy atom. The molecule has 0 saturated heterocycles. The number of rotatable bonds is 2. The Kier molecular flexibility index (Phi) is 3.15. The molecule has 7 nitrogen and oxygen atoms in total. The van der Waals surface area contributed by atoms with Gasteiger partial charge in [0.05, 0.1) is 18.9 Å². The van der Waals surface area contributed by atoms with Crippen LogP contribution in [0.4, 0.5) is 24.8 Å². The molecule has 1 aliphatic rings. The van der Waals surface area contributed by atoms with Crippen molar-refractivity contribution in [3.05, 3.63) is 24.0 Å². The SMILES string of the molecule is CNc1cncc(N2CCn3c(nnc3C(F)(F)F)C2)n1. The summed E-state index contributed by atoms with van der Waals surface area (Å²) in [6, 6.07) is 0. The van der Waals surface area contributed by atoms with Crippen molar-refractivity contribution >= 4 is 11.6 Å². The fourth-order valence-corrected chi connectivity index (χ4v) is 2.19. The third-order valence-corrected chi connectivity index (χ3v) is 3.21. The van der Waals surface area contributed by atoms with Gasteiger partial charge in [-0.3, -0.25) is 4.98 Å². The summed E-state index contributed by atoms with van der Waals surface area (Å²) in [6.07, 6.45) is -1.35. The predicted octanol–water partition coefficient (Wildman–Crippen LogP) is 1.15. The van der Waals surface area contributed by atoms with Crippen LogP contribution in [0.5, 0.6) is 0 Å². The largest absolute Gasteiger partial charge is 0.451 e. The summed E-state index contributed by atoms with van der Waals surface area (Å²) in [5.74, 6) is 0.498. The van der Waals surface area contributed by atoms with Crippen LogP contribution in [0.15, 0.2) is 12.4 Å². The first kappa shape index (κ1) is 13.6. The molecule has 0 spiro atoms. The van der Waals surface area contributed by atoms with Crippen LogP contribution < -0.4 is 10.2 Å². The van der Waals surface area contributed by atoms with Crippen molar-refractivity contribution in [2.45, 2.75) is 19.3 Å². The number of hydrogen-bond acceptors (Lipinski definition) is 6. The Balaban J connectivity index is 1.86. The second-order valence-electron chi connectivity index (χ2n) is 4.52. The van der Waals surface area contributed by atoms with Gasteiger partial charge in [0.1, 0.15) is 11.6 Å². The first-order chi connectivity index (χ1) is 9.99. The summed E-state index contributed by atoms with van der Waals surface area (Å²) in [7, 11) is 1.72. The van der Waals surface area contributed by atoms with Crippen molar-refractivity contribution in [2.24, 2.45) is 0 Å². The van der Waals surface area contributed by atoms with Gasteiger partial charge in [0.25, 0.3) is 0 Å². The Hall–Kier alpha value is -2.39. The molecule has 0 aliphatic carbocycles. The van der Waals surface area contributed by atoms with Crippen molar-refractivity contribution in [1.82, 2.24) is 24.7 Å². The van der Waals surface area contributed by atoms with Crippen molar-refractivity contribution in [3.63, 3.8) is 0 Å². The molecule has 2 aromatic heterocycles. The van der Waals surface area contributed by atoms with Gasteiger partial charge in [0, 0.05) is 20.1 Å². The second kappa shape index (κ2) is 4.86. The molecule has 10 heteroatoms. The highest BCUT2D eigenvalue weighted by Crippen LogP contribution is 2.30. The minimum Gasteiger partial charge on any atom is -0.372 e. The maximum atomic E-state index is 12.8. The van der Waals surface area contributed by atoms with E-state index in [-0.39, 0.29) is 18.9 Å². The third kappa shape index (κ3) is 2.48. The molecule has 0 saturated carbocycles. The molecule has 0 radical (unpaired) electrons. The molecular formula is C11H12F3N7. The average molecular weight is 299 g/mol. The normalized spacial score (nSPS) is 15.0. The van der Waals surface area contributed by atoms with Crippen LogP contribution in [-0.2, 0) is 19.3 Å². The van der Waals surface area contributed by atoms with Gasteiger partial charge in [-0.15, -0.1) is 10.2 Å². The minimum absolute atomic E-state index is 0.155. The number of alkyl halides is 3. The van der Waals surface area contributed by atoms with E-state index in [0.717, 1.165) is 4.57 Å². The van der Waals surface area contributed by atoms with Gasteiger partial charge in [-0.1, -0.05) is 0 Å². The van der Waals surface area contributed by atoms with E-state index in [0.29, 0.717) is 18.2 Å². The summed E-state index contributed by atoms with van der Waals surface area (Å²) in [6.45, 7) is 0.754. The summed E-state index contributed by atoms with van der Waals surface area (Å²) in [4.78, 5) is 10.2. The average Bonchev–Trinajstić information content (AvgIpc) is 2.90. The zero-order valence-electron chi connectivity index (χ0n) is 11.1. The second-order valence-corrected chi connectivity index (χ2v) is 4.52. The zero-order chi connectivity index (χ0) is 15.0. The first-order valence-corrected chi connectivity index (χ1v) is 6.23. The van der Waals surface area contributed by atoms with Crippen LogP contribution in [0.2, 0.25) is 0 Å². The lowest BCUT2D eigenvalue weighted by molar-refractivity contribution is -0.147. The quantitative estimate of drug-likeness (QED) is 0.897. The van der Waals surface area contributed by atoms with Gasteiger partial charge >= 0.3 is 6.18 Å². The monoisotopic (exact) mass is 299 g/mol. The fourth-order valence-electron chi connectivity index (χ4n) is 2.19. The summed E-state index contributed by atoms with van der Waals surface area (Å²) in [5, 5.41) is 9.74. The highest BCUT2D eigenvalue weighted by Gasteiger charge is 2.39. The maximum absolute atomic E-state index is 12.8. The lowest BCUT2D eigenvalue weighted by Gasteiger charge is -2.28. The molecule has 0 bridgehead atoms. The van der Waals surface area contributed by atoms with Crippen LogP contribution in [0.25, 0.3) is 0 Å². The van der Waals surface area contributed by atoms with Crippen LogP contribution >= 0.6 is 0 Å². The van der Waals surface area contributed by atoms with Crippen molar-refractivity contribution in [2.75, 3.05) is 23.8 Å². The summed E-state index contributed by atoms with van der Waals surface area (Å²) >= 11 is 0. The number of nitrogens with one attached hydrogen (secondary N) is 1. The zero-order valence-corrected chi connectivity index (χ0v) is 11.1. The van der Waals surface area contributed by atoms with E-state index in [2.05, 4.69) is 25.5 Å². The van der Waals surface area contributed by atoms with Crippen LogP contribution in [-0.4, -0.2) is 38.3 Å². The number of halogens is 3.